The number of methoxy groups -OCH3 is 3. The Morgan fingerprint density at radius 2 is 1.28 bits per heavy atom. The van der Waals surface area contributed by atoms with Gasteiger partial charge in [0.15, 0.2) is 0 Å². The zero-order chi connectivity index (χ0) is 42.0. The number of tetrazole rings is 1. The van der Waals surface area contributed by atoms with Crippen LogP contribution in [0.2, 0.25) is 0 Å². The third-order valence-corrected chi connectivity index (χ3v) is 12.9. The molecule has 0 aliphatic carbocycles. The maximum Gasteiger partial charge on any atom is 0.404 e. The van der Waals surface area contributed by atoms with Crippen molar-refractivity contribution in [2.24, 2.45) is 0 Å². The van der Waals surface area contributed by atoms with E-state index in [0.717, 1.165) is 15.9 Å². The number of carboxylic acid groups (broad SMARTS) is 2. The molecule has 1 heterocycles. The van der Waals surface area contributed by atoms with Crippen LogP contribution >= 0.6 is 22.6 Å². The molecule has 1 atom stereocenters. The van der Waals surface area contributed by atoms with Gasteiger partial charge in [0.2, 0.25) is 25.9 Å². The van der Waals surface area contributed by atoms with Gasteiger partial charge < -0.3 is 35.1 Å². The van der Waals surface area contributed by atoms with Crippen LogP contribution in [0.1, 0.15) is 16.7 Å². The van der Waals surface area contributed by atoms with Crippen molar-refractivity contribution in [1.29, 1.82) is 0 Å². The van der Waals surface area contributed by atoms with Crippen LogP contribution in [0.15, 0.2) is 94.7 Å². The first-order valence-corrected chi connectivity index (χ1v) is 21.1. The van der Waals surface area contributed by atoms with Gasteiger partial charge in [-0.25, -0.2) is 31.1 Å². The van der Waals surface area contributed by atoms with E-state index in [4.69, 9.17) is 19.3 Å². The topological polar surface area (TPSA) is 253 Å². The van der Waals surface area contributed by atoms with Crippen molar-refractivity contribution in [3.63, 3.8) is 0 Å². The Kier molecular flexibility index (Phi) is 14.5. The number of halogens is 1. The average molecular weight is 951 g/mol. The zero-order valence-electron chi connectivity index (χ0n) is 31.2. The molecular formula is C36H39IN8O11S2. The Bertz CT molecular complexity index is 2390. The first-order valence-electron chi connectivity index (χ1n) is 17.1. The van der Waals surface area contributed by atoms with Gasteiger partial charge in [-0.2, -0.15) is 9.10 Å². The highest BCUT2D eigenvalue weighted by Gasteiger charge is 2.37. The minimum atomic E-state index is -4.86. The molecule has 2 amide bonds. The molecule has 0 spiro atoms. The van der Waals surface area contributed by atoms with Gasteiger partial charge >= 0.3 is 12.2 Å². The molecule has 22 heteroatoms. The molecular weight excluding hydrogens is 911 g/mol. The number of hydrogen-bond donors (Lipinski definition) is 5. The first kappa shape index (κ1) is 43.6. The number of ether oxygens (including phenoxy) is 3. The lowest BCUT2D eigenvalue weighted by Crippen LogP contribution is -2.49. The summed E-state index contributed by atoms with van der Waals surface area (Å²) in [7, 11) is -5.17. The predicted molar refractivity (Wildman–Crippen MR) is 217 cm³/mol. The largest absolute Gasteiger partial charge is 0.497 e. The maximum atomic E-state index is 15.3. The van der Waals surface area contributed by atoms with Crippen LogP contribution < -0.4 is 29.6 Å². The normalized spacial score (nSPS) is 12.2. The number of benzene rings is 4. The molecule has 0 unspecified atom stereocenters. The monoisotopic (exact) mass is 950 g/mol. The lowest BCUT2D eigenvalue weighted by atomic mass is 10.2. The van der Waals surface area contributed by atoms with Gasteiger partial charge in [-0.3, -0.25) is 0 Å². The molecule has 0 aliphatic heterocycles. The molecule has 4 aromatic carbocycles. The second kappa shape index (κ2) is 19.3. The predicted octanol–water partition coefficient (Wildman–Crippen LogP) is 3.59. The third-order valence-electron chi connectivity index (χ3n) is 8.50. The number of hydrogen-bond acceptors (Lipinski definition) is 12. The van der Waals surface area contributed by atoms with Gasteiger partial charge in [0, 0.05) is 29.7 Å². The third kappa shape index (κ3) is 11.1. The quantitative estimate of drug-likeness (QED) is 0.0743. The van der Waals surface area contributed by atoms with Gasteiger partial charge in [-0.05, 0) is 93.0 Å². The van der Waals surface area contributed by atoms with Crippen molar-refractivity contribution in [2.45, 2.75) is 35.5 Å². The molecule has 308 valence electrons. The van der Waals surface area contributed by atoms with Gasteiger partial charge in [-0.15, -0.1) is 10.2 Å². The number of sulfonamides is 2. The summed E-state index contributed by atoms with van der Waals surface area (Å²) in [6.07, 6.45) is -3.02. The number of rotatable bonds is 19. The van der Waals surface area contributed by atoms with Crippen LogP contribution in [-0.2, 0) is 39.7 Å². The molecule has 5 N–H and O–H groups in total. The number of nitrogens with zero attached hydrogens (tertiary/aromatic N) is 5. The average Bonchev–Trinajstić information content (AvgIpc) is 3.66. The Hall–Kier alpha value is -5.56. The van der Waals surface area contributed by atoms with Crippen LogP contribution in [0.25, 0.3) is 11.4 Å². The summed E-state index contributed by atoms with van der Waals surface area (Å²) in [6.45, 7) is -1.49. The highest BCUT2D eigenvalue weighted by molar-refractivity contribution is 14.1. The van der Waals surface area contributed by atoms with Gasteiger partial charge in [0.05, 0.1) is 39.5 Å². The molecule has 0 aliphatic rings. The molecule has 19 nitrogen and oxygen atoms in total. The van der Waals surface area contributed by atoms with Gasteiger partial charge in [0.1, 0.15) is 27.0 Å². The second-order valence-electron chi connectivity index (χ2n) is 12.4. The fourth-order valence-electron chi connectivity index (χ4n) is 5.59. The van der Waals surface area contributed by atoms with E-state index < -0.39 is 61.2 Å². The molecule has 5 aromatic rings. The molecule has 0 saturated heterocycles. The molecule has 58 heavy (non-hydrogen) atoms. The van der Waals surface area contributed by atoms with Crippen LogP contribution in [0.5, 0.6) is 17.2 Å². The van der Waals surface area contributed by atoms with E-state index in [9.17, 15) is 23.1 Å². The van der Waals surface area contributed by atoms with Crippen molar-refractivity contribution in [3.8, 4) is 28.6 Å². The van der Waals surface area contributed by atoms with E-state index in [1.54, 1.807) is 72.8 Å². The Morgan fingerprint density at radius 3 is 1.76 bits per heavy atom. The highest BCUT2D eigenvalue weighted by atomic mass is 127. The van der Waals surface area contributed by atoms with Crippen molar-refractivity contribution in [1.82, 2.24) is 39.9 Å². The number of amides is 2. The Balaban J connectivity index is 1.67. The first-order chi connectivity index (χ1) is 27.6. The summed E-state index contributed by atoms with van der Waals surface area (Å²) in [5.74, 6) is 1.50. The van der Waals surface area contributed by atoms with E-state index in [2.05, 4.69) is 20.1 Å². The van der Waals surface area contributed by atoms with Crippen molar-refractivity contribution < 1.29 is 50.8 Å². The number of aromatic nitrogens is 4. The lowest BCUT2D eigenvalue weighted by Gasteiger charge is -2.26. The fraction of sp³-hybridized carbons (Fsp3) is 0.250. The van der Waals surface area contributed by atoms with Gasteiger partial charge in [0.25, 0.3) is 0 Å². The van der Waals surface area contributed by atoms with Crippen LogP contribution in [0, 0.1) is 3.57 Å². The number of nitrogens with one attached hydrogen (secondary N) is 3. The molecule has 1 aromatic heterocycles. The van der Waals surface area contributed by atoms with Gasteiger partial charge in [-0.1, -0.05) is 36.4 Å². The highest BCUT2D eigenvalue weighted by Crippen LogP contribution is 2.38. The minimum absolute atomic E-state index is 0.124. The summed E-state index contributed by atoms with van der Waals surface area (Å²) in [5.41, 5.74) is 1.70. The van der Waals surface area contributed by atoms with E-state index in [-0.39, 0.29) is 34.6 Å². The number of carbonyl (C=O) groups is 2. The molecule has 5 rings (SSSR count). The zero-order valence-corrected chi connectivity index (χ0v) is 35.0. The SMILES string of the molecule is COc1ccc(CN(Cc2ccc(OC)cc2)S(=O)(=O)c2c(S(=O)(=O)NC[C@@H](CNC(=O)O)NC(=O)O)ccc(I)c2-c2nnn(Cc3ccc(OC)cc3)n2)cc1. The summed E-state index contributed by atoms with van der Waals surface area (Å²) >= 11 is 1.87. The summed E-state index contributed by atoms with van der Waals surface area (Å²) in [6, 6.07) is 21.6. The minimum Gasteiger partial charge on any atom is -0.497 e. The van der Waals surface area contributed by atoms with E-state index in [1.165, 1.54) is 32.2 Å². The van der Waals surface area contributed by atoms with Crippen molar-refractivity contribution in [2.75, 3.05) is 34.4 Å². The van der Waals surface area contributed by atoms with Crippen LogP contribution in [0.3, 0.4) is 0 Å². The molecule has 0 fully saturated rings. The van der Waals surface area contributed by atoms with E-state index in [0.29, 0.717) is 28.4 Å². The van der Waals surface area contributed by atoms with E-state index >= 15 is 8.42 Å². The second-order valence-corrected chi connectivity index (χ2v) is 17.2. The maximum absolute atomic E-state index is 15.3. The smallest absolute Gasteiger partial charge is 0.404 e. The lowest BCUT2D eigenvalue weighted by molar-refractivity contribution is 0.183. The van der Waals surface area contributed by atoms with Crippen molar-refractivity contribution >= 4 is 54.8 Å². The van der Waals surface area contributed by atoms with Crippen LogP contribution in [-0.4, -0.2) is 104 Å². The molecule has 0 saturated carbocycles. The van der Waals surface area contributed by atoms with Crippen molar-refractivity contribution in [3.05, 3.63) is 105 Å². The summed E-state index contributed by atoms with van der Waals surface area (Å²) in [4.78, 5) is 22.5. The summed E-state index contributed by atoms with van der Waals surface area (Å²) in [5, 5.41) is 35.3. The fourth-order valence-corrected chi connectivity index (χ4v) is 9.96. The van der Waals surface area contributed by atoms with Crippen LogP contribution in [0.4, 0.5) is 9.59 Å². The van der Waals surface area contributed by atoms with E-state index in [1.807, 2.05) is 33.2 Å². The molecule has 0 bridgehead atoms. The molecule has 0 radical (unpaired) electrons. The Labute approximate surface area is 347 Å². The summed E-state index contributed by atoms with van der Waals surface area (Å²) < 4.78 is 78.7. The standard InChI is InChI=1S/C36H39IN8O11S2/c1-54-27-10-4-23(5-11-27)20-44(21-24-6-12-28(55-2)13-7-24)58(52,53)33-31(57(50,51)39-19-26(40-36(48)49)18-38-35(46)47)17-16-30(37)32(33)34-41-43-45(42-34)22-25-8-14-29(56-3)15-9-25/h4-17,26,38-40H,18-22H2,1-3H3,(H,46,47)(H,48,49)/t26-/m1/s1. The Morgan fingerprint density at radius 1 is 0.759 bits per heavy atom.